The Morgan fingerprint density at radius 3 is 2.81 bits per heavy atom. The predicted octanol–water partition coefficient (Wildman–Crippen LogP) is 3.36. The normalized spacial score (nSPS) is 14.5. The molecule has 1 amide bonds. The van der Waals surface area contributed by atoms with Gasteiger partial charge in [-0.05, 0) is 24.3 Å². The van der Waals surface area contributed by atoms with E-state index < -0.39 is 0 Å². The second-order valence-corrected chi connectivity index (χ2v) is 6.37. The number of nitrogens with one attached hydrogen (secondary N) is 1. The van der Waals surface area contributed by atoms with Crippen molar-refractivity contribution in [1.29, 1.82) is 0 Å². The molecule has 6 heteroatoms. The van der Waals surface area contributed by atoms with Crippen molar-refractivity contribution in [3.05, 3.63) is 65.6 Å². The largest absolute Gasteiger partial charge is 0.497 e. The second kappa shape index (κ2) is 6.80. The molecule has 1 aliphatic heterocycles. The fourth-order valence-corrected chi connectivity index (χ4v) is 3.05. The molecule has 2 aromatic carbocycles. The van der Waals surface area contributed by atoms with Crippen molar-refractivity contribution < 1.29 is 18.7 Å². The zero-order chi connectivity index (χ0) is 18.1. The lowest BCUT2D eigenvalue weighted by Crippen LogP contribution is -2.54. The maximum Gasteiger partial charge on any atom is 0.270 e. The highest BCUT2D eigenvalue weighted by Gasteiger charge is 2.32. The summed E-state index contributed by atoms with van der Waals surface area (Å²) in [5.41, 5.74) is 1.93. The molecular formula is C20H19FN2O3. The van der Waals surface area contributed by atoms with Crippen molar-refractivity contribution in [2.45, 2.75) is 12.7 Å². The molecule has 1 N–H and O–H groups in total. The summed E-state index contributed by atoms with van der Waals surface area (Å²) in [6, 6.07) is 14.0. The minimum absolute atomic E-state index is 0.0640. The molecule has 4 rings (SSSR count). The van der Waals surface area contributed by atoms with Crippen molar-refractivity contribution in [2.24, 2.45) is 0 Å². The highest BCUT2D eigenvalue weighted by atomic mass is 19.1. The van der Waals surface area contributed by atoms with Crippen LogP contribution >= 0.6 is 0 Å². The first-order chi connectivity index (χ1) is 12.6. The third kappa shape index (κ3) is 3.15. The number of H-pyrrole nitrogens is 1. The van der Waals surface area contributed by atoms with Crippen LogP contribution in [0.4, 0.5) is 4.39 Å². The first-order valence-electron chi connectivity index (χ1n) is 8.45. The summed E-state index contributed by atoms with van der Waals surface area (Å²) < 4.78 is 24.5. The smallest absolute Gasteiger partial charge is 0.270 e. The fourth-order valence-electron chi connectivity index (χ4n) is 3.05. The van der Waals surface area contributed by atoms with Gasteiger partial charge in [0.2, 0.25) is 0 Å². The number of hydrogen-bond donors (Lipinski definition) is 1. The Balaban J connectivity index is 1.35. The average Bonchev–Trinajstić information content (AvgIpc) is 3.04. The monoisotopic (exact) mass is 354 g/mol. The molecule has 3 aromatic rings. The van der Waals surface area contributed by atoms with Crippen LogP contribution in [0.3, 0.4) is 0 Å². The van der Waals surface area contributed by atoms with Gasteiger partial charge >= 0.3 is 0 Å². The summed E-state index contributed by atoms with van der Waals surface area (Å²) in [7, 11) is 1.61. The Hall–Kier alpha value is -2.86. The molecule has 0 spiro atoms. The molecule has 0 saturated carbocycles. The molecular weight excluding hydrogens is 335 g/mol. The topological polar surface area (TPSA) is 54.6 Å². The number of halogens is 1. The minimum atomic E-state index is -0.270. The number of carbonyl (C=O) groups excluding carboxylic acids is 1. The lowest BCUT2D eigenvalue weighted by molar-refractivity contribution is -0.0511. The Bertz CT molecular complexity index is 947. The van der Waals surface area contributed by atoms with Crippen molar-refractivity contribution >= 4 is 16.8 Å². The van der Waals surface area contributed by atoms with E-state index in [4.69, 9.17) is 9.47 Å². The number of rotatable bonds is 5. The van der Waals surface area contributed by atoms with Crippen LogP contribution in [-0.2, 0) is 11.3 Å². The van der Waals surface area contributed by atoms with Gasteiger partial charge in [0.15, 0.2) is 0 Å². The van der Waals surface area contributed by atoms with Crippen LogP contribution in [0.1, 0.15) is 16.1 Å². The Kier molecular flexibility index (Phi) is 4.34. The zero-order valence-corrected chi connectivity index (χ0v) is 14.4. The number of amides is 1. The van der Waals surface area contributed by atoms with E-state index in [0.29, 0.717) is 24.3 Å². The molecule has 0 aliphatic carbocycles. The van der Waals surface area contributed by atoms with Gasteiger partial charge < -0.3 is 19.4 Å². The van der Waals surface area contributed by atoms with Crippen LogP contribution in [0, 0.1) is 5.82 Å². The number of likely N-dealkylation sites (tertiary alicyclic amines) is 1. The molecule has 1 aromatic heterocycles. The third-order valence-corrected chi connectivity index (χ3v) is 4.63. The van der Waals surface area contributed by atoms with Gasteiger partial charge in [0.05, 0.1) is 19.8 Å². The number of benzene rings is 2. The minimum Gasteiger partial charge on any atom is -0.497 e. The number of hydrogen-bond acceptors (Lipinski definition) is 3. The maximum atomic E-state index is 13.6. The van der Waals surface area contributed by atoms with E-state index in [9.17, 15) is 9.18 Å². The fraction of sp³-hybridized carbons (Fsp3) is 0.250. The Morgan fingerprint density at radius 2 is 2.04 bits per heavy atom. The van der Waals surface area contributed by atoms with Gasteiger partial charge in [-0.3, -0.25) is 4.79 Å². The van der Waals surface area contributed by atoms with E-state index in [1.807, 2.05) is 24.3 Å². The first-order valence-corrected chi connectivity index (χ1v) is 8.45. The van der Waals surface area contributed by atoms with Crippen LogP contribution in [0.15, 0.2) is 48.5 Å². The van der Waals surface area contributed by atoms with E-state index in [1.54, 1.807) is 30.2 Å². The number of aromatic nitrogens is 1. The molecule has 1 aliphatic rings. The number of aromatic amines is 1. The first kappa shape index (κ1) is 16.6. The zero-order valence-electron chi connectivity index (χ0n) is 14.4. The van der Waals surface area contributed by atoms with Crippen molar-refractivity contribution in [2.75, 3.05) is 20.2 Å². The predicted molar refractivity (Wildman–Crippen MR) is 95.7 cm³/mol. The van der Waals surface area contributed by atoms with E-state index >= 15 is 0 Å². The van der Waals surface area contributed by atoms with Crippen LogP contribution in [0.2, 0.25) is 0 Å². The maximum absolute atomic E-state index is 13.6. The van der Waals surface area contributed by atoms with E-state index in [1.165, 1.54) is 6.07 Å². The Labute approximate surface area is 150 Å². The summed E-state index contributed by atoms with van der Waals surface area (Å²) in [5.74, 6) is 0.406. The molecule has 134 valence electrons. The van der Waals surface area contributed by atoms with Gasteiger partial charge in [-0.25, -0.2) is 4.39 Å². The van der Waals surface area contributed by atoms with Crippen molar-refractivity contribution in [3.8, 4) is 5.75 Å². The molecule has 2 heterocycles. The van der Waals surface area contributed by atoms with Crippen LogP contribution in [0.25, 0.3) is 10.9 Å². The summed E-state index contributed by atoms with van der Waals surface area (Å²) in [4.78, 5) is 17.4. The Morgan fingerprint density at radius 1 is 1.23 bits per heavy atom. The quantitative estimate of drug-likeness (QED) is 0.764. The van der Waals surface area contributed by atoms with Gasteiger partial charge in [0.1, 0.15) is 17.3 Å². The van der Waals surface area contributed by atoms with Crippen LogP contribution < -0.4 is 4.74 Å². The number of ether oxygens (including phenoxy) is 2. The van der Waals surface area contributed by atoms with Crippen LogP contribution in [-0.4, -0.2) is 42.1 Å². The molecule has 0 bridgehead atoms. The molecule has 26 heavy (non-hydrogen) atoms. The summed E-state index contributed by atoms with van der Waals surface area (Å²) in [6.45, 7) is 1.23. The van der Waals surface area contributed by atoms with E-state index in [0.717, 1.165) is 16.7 Å². The van der Waals surface area contributed by atoms with E-state index in [-0.39, 0.29) is 24.4 Å². The summed E-state index contributed by atoms with van der Waals surface area (Å²) in [5, 5.41) is 0.960. The summed E-state index contributed by atoms with van der Waals surface area (Å²) in [6.07, 6.45) is -0.0666. The van der Waals surface area contributed by atoms with E-state index in [2.05, 4.69) is 4.98 Å². The summed E-state index contributed by atoms with van der Waals surface area (Å²) >= 11 is 0. The number of fused-ring (bicyclic) bond motifs is 1. The second-order valence-electron chi connectivity index (χ2n) is 6.37. The lowest BCUT2D eigenvalue weighted by atomic mass is 10.1. The van der Waals surface area contributed by atoms with Gasteiger partial charge in [-0.15, -0.1) is 0 Å². The standard InChI is InChI=1S/C20H19FN2O3/c1-25-15-7-6-13-8-19(22-18(13)9-15)20(24)23-10-16(11-23)26-12-14-4-2-3-5-17(14)21/h2-9,16,22H,10-12H2,1H3. The molecule has 1 saturated heterocycles. The molecule has 1 fully saturated rings. The highest BCUT2D eigenvalue weighted by Crippen LogP contribution is 2.24. The van der Waals surface area contributed by atoms with Crippen molar-refractivity contribution in [1.82, 2.24) is 9.88 Å². The molecule has 0 radical (unpaired) electrons. The van der Waals surface area contributed by atoms with Gasteiger partial charge in [0.25, 0.3) is 5.91 Å². The van der Waals surface area contributed by atoms with Crippen LogP contribution in [0.5, 0.6) is 5.75 Å². The van der Waals surface area contributed by atoms with Gasteiger partial charge in [0, 0.05) is 35.6 Å². The number of carbonyl (C=O) groups is 1. The van der Waals surface area contributed by atoms with Gasteiger partial charge in [-0.2, -0.15) is 0 Å². The number of methoxy groups -OCH3 is 1. The molecule has 0 atom stereocenters. The lowest BCUT2D eigenvalue weighted by Gasteiger charge is -2.38. The number of nitrogens with zero attached hydrogens (tertiary/aromatic N) is 1. The third-order valence-electron chi connectivity index (χ3n) is 4.63. The molecule has 0 unspecified atom stereocenters. The molecule has 5 nitrogen and oxygen atoms in total. The van der Waals surface area contributed by atoms with Crippen molar-refractivity contribution in [3.63, 3.8) is 0 Å². The SMILES string of the molecule is COc1ccc2cc(C(=O)N3CC(OCc4ccccc4F)C3)[nH]c2c1. The average molecular weight is 354 g/mol. The highest BCUT2D eigenvalue weighted by molar-refractivity contribution is 5.98. The van der Waals surface area contributed by atoms with Gasteiger partial charge in [-0.1, -0.05) is 18.2 Å².